The van der Waals surface area contributed by atoms with Gasteiger partial charge < -0.3 is 10.4 Å². The Bertz CT molecular complexity index is 926. The van der Waals surface area contributed by atoms with E-state index in [0.29, 0.717) is 18.6 Å². The van der Waals surface area contributed by atoms with Crippen LogP contribution >= 0.6 is 0 Å². The van der Waals surface area contributed by atoms with Crippen molar-refractivity contribution in [2.45, 2.75) is 72.0 Å². The standard InChI is InChI=1S/C24H34N4O3/c1-16-21(15-24(2,3)4)26-28(23(16)30)14-13-19-10-11-20(25-19)18-8-5-17(6-9-18)7-12-22(29)27-31/h5-9,12,19-20,25,30-31H,10-11,13-15H2,1-4H3,(H,27,29)/b12-7+. The second kappa shape index (κ2) is 9.66. The number of carbonyl (C=O) groups excluding carboxylic acids is 1. The molecule has 7 heteroatoms. The van der Waals surface area contributed by atoms with Crippen LogP contribution in [-0.4, -0.2) is 32.0 Å². The minimum atomic E-state index is -0.548. The number of aryl methyl sites for hydroxylation is 1. The minimum absolute atomic E-state index is 0.132. The Balaban J connectivity index is 1.54. The molecule has 2 unspecified atom stereocenters. The van der Waals surface area contributed by atoms with Crippen LogP contribution in [-0.2, 0) is 17.8 Å². The highest BCUT2D eigenvalue weighted by atomic mass is 16.5. The third-order valence-corrected chi connectivity index (χ3v) is 5.76. The zero-order valence-electron chi connectivity index (χ0n) is 18.9. The molecular formula is C24H34N4O3. The van der Waals surface area contributed by atoms with Crippen LogP contribution in [0.15, 0.2) is 30.3 Å². The largest absolute Gasteiger partial charge is 0.493 e. The second-order valence-electron chi connectivity index (χ2n) is 9.61. The topological polar surface area (TPSA) is 99.4 Å². The molecule has 1 aromatic heterocycles. The fraction of sp³-hybridized carbons (Fsp3) is 0.500. The first-order valence-electron chi connectivity index (χ1n) is 10.9. The summed E-state index contributed by atoms with van der Waals surface area (Å²) in [5.41, 5.74) is 5.70. The number of nitrogens with zero attached hydrogens (tertiary/aromatic N) is 2. The second-order valence-corrected chi connectivity index (χ2v) is 9.61. The Morgan fingerprint density at radius 3 is 2.65 bits per heavy atom. The lowest BCUT2D eigenvalue weighted by molar-refractivity contribution is -0.124. The van der Waals surface area contributed by atoms with Crippen molar-refractivity contribution in [2.75, 3.05) is 0 Å². The maximum atomic E-state index is 11.1. The summed E-state index contributed by atoms with van der Waals surface area (Å²) in [5, 5.41) is 27.4. The number of hydroxylamine groups is 1. The van der Waals surface area contributed by atoms with Crippen molar-refractivity contribution >= 4 is 12.0 Å². The van der Waals surface area contributed by atoms with Gasteiger partial charge in [0.25, 0.3) is 5.91 Å². The number of carbonyl (C=O) groups is 1. The van der Waals surface area contributed by atoms with Gasteiger partial charge in [-0.25, -0.2) is 10.2 Å². The predicted octanol–water partition coefficient (Wildman–Crippen LogP) is 3.89. The zero-order chi connectivity index (χ0) is 22.6. The maximum Gasteiger partial charge on any atom is 0.267 e. The number of amides is 1. The number of hydrogen-bond acceptors (Lipinski definition) is 5. The Kier molecular flexibility index (Phi) is 7.18. The average Bonchev–Trinajstić information content (AvgIpc) is 3.30. The molecule has 1 aliphatic heterocycles. The first-order valence-corrected chi connectivity index (χ1v) is 10.9. The Labute approximate surface area is 184 Å². The van der Waals surface area contributed by atoms with Gasteiger partial charge in [-0.05, 0) is 55.2 Å². The van der Waals surface area contributed by atoms with E-state index < -0.39 is 5.91 Å². The lowest BCUT2D eigenvalue weighted by Crippen LogP contribution is -2.25. The van der Waals surface area contributed by atoms with Gasteiger partial charge >= 0.3 is 0 Å². The normalized spacial score (nSPS) is 19.3. The maximum absolute atomic E-state index is 11.1. The van der Waals surface area contributed by atoms with Gasteiger partial charge in [-0.2, -0.15) is 5.10 Å². The van der Waals surface area contributed by atoms with Crippen molar-refractivity contribution in [3.63, 3.8) is 0 Å². The molecule has 0 bridgehead atoms. The molecule has 31 heavy (non-hydrogen) atoms. The summed E-state index contributed by atoms with van der Waals surface area (Å²) < 4.78 is 1.75. The van der Waals surface area contributed by atoms with Crippen LogP contribution in [0.25, 0.3) is 6.08 Å². The van der Waals surface area contributed by atoms with Crippen molar-refractivity contribution in [3.8, 4) is 5.88 Å². The van der Waals surface area contributed by atoms with Crippen LogP contribution in [0.1, 0.15) is 68.5 Å². The summed E-state index contributed by atoms with van der Waals surface area (Å²) >= 11 is 0. The average molecular weight is 427 g/mol. The lowest BCUT2D eigenvalue weighted by atomic mass is 9.89. The molecule has 1 fully saturated rings. The quantitative estimate of drug-likeness (QED) is 0.306. The molecule has 0 aliphatic carbocycles. The van der Waals surface area contributed by atoms with Gasteiger partial charge in [-0.1, -0.05) is 45.0 Å². The van der Waals surface area contributed by atoms with E-state index >= 15 is 0 Å². The van der Waals surface area contributed by atoms with Gasteiger partial charge in [0.1, 0.15) is 0 Å². The van der Waals surface area contributed by atoms with E-state index in [1.54, 1.807) is 16.2 Å². The van der Waals surface area contributed by atoms with Crippen LogP contribution in [0.5, 0.6) is 5.88 Å². The third-order valence-electron chi connectivity index (χ3n) is 5.76. The molecule has 1 saturated heterocycles. The highest BCUT2D eigenvalue weighted by Crippen LogP contribution is 2.30. The summed E-state index contributed by atoms with van der Waals surface area (Å²) in [5.74, 6) is -0.263. The van der Waals surface area contributed by atoms with E-state index in [2.05, 4.69) is 43.3 Å². The number of hydrogen-bond donors (Lipinski definition) is 4. The molecule has 1 aromatic carbocycles. The molecule has 0 radical (unpaired) electrons. The Morgan fingerprint density at radius 1 is 1.29 bits per heavy atom. The van der Waals surface area contributed by atoms with Crippen LogP contribution in [0.2, 0.25) is 0 Å². The highest BCUT2D eigenvalue weighted by Gasteiger charge is 2.25. The number of benzene rings is 1. The van der Waals surface area contributed by atoms with Gasteiger partial charge in [0.15, 0.2) is 0 Å². The molecule has 0 saturated carbocycles. The van der Waals surface area contributed by atoms with Gasteiger partial charge in [-0.15, -0.1) is 0 Å². The van der Waals surface area contributed by atoms with Gasteiger partial charge in [-0.3, -0.25) is 10.0 Å². The molecule has 2 atom stereocenters. The summed E-state index contributed by atoms with van der Waals surface area (Å²) in [7, 11) is 0. The summed E-state index contributed by atoms with van der Waals surface area (Å²) in [6.45, 7) is 9.18. The summed E-state index contributed by atoms with van der Waals surface area (Å²) in [6, 6.07) is 8.75. The molecule has 3 rings (SSSR count). The van der Waals surface area contributed by atoms with Gasteiger partial charge in [0.05, 0.1) is 5.69 Å². The van der Waals surface area contributed by atoms with Crippen molar-refractivity contribution < 1.29 is 15.1 Å². The fourth-order valence-electron chi connectivity index (χ4n) is 4.05. The van der Waals surface area contributed by atoms with Crippen molar-refractivity contribution in [2.24, 2.45) is 5.41 Å². The third kappa shape index (κ3) is 6.18. The van der Waals surface area contributed by atoms with Gasteiger partial charge in [0.2, 0.25) is 5.88 Å². The monoisotopic (exact) mass is 426 g/mol. The lowest BCUT2D eigenvalue weighted by Gasteiger charge is -2.16. The smallest absolute Gasteiger partial charge is 0.267 e. The van der Waals surface area contributed by atoms with E-state index in [-0.39, 0.29) is 11.3 Å². The first-order chi connectivity index (χ1) is 14.7. The van der Waals surface area contributed by atoms with Crippen molar-refractivity contribution in [3.05, 3.63) is 52.7 Å². The fourth-order valence-corrected chi connectivity index (χ4v) is 4.05. The first kappa shape index (κ1) is 23.0. The Morgan fingerprint density at radius 2 is 2.00 bits per heavy atom. The molecular weight excluding hydrogens is 392 g/mol. The number of aromatic hydroxyl groups is 1. The van der Waals surface area contributed by atoms with Crippen LogP contribution < -0.4 is 10.8 Å². The molecule has 2 heterocycles. The van der Waals surface area contributed by atoms with E-state index in [0.717, 1.165) is 42.5 Å². The zero-order valence-corrected chi connectivity index (χ0v) is 18.9. The molecule has 4 N–H and O–H groups in total. The highest BCUT2D eigenvalue weighted by molar-refractivity contribution is 5.90. The Hall–Kier alpha value is -2.64. The molecule has 1 amide bonds. The molecule has 0 spiro atoms. The van der Waals surface area contributed by atoms with Crippen LogP contribution in [0.4, 0.5) is 0 Å². The number of rotatable bonds is 7. The van der Waals surface area contributed by atoms with E-state index in [4.69, 9.17) is 5.21 Å². The van der Waals surface area contributed by atoms with Crippen molar-refractivity contribution in [1.82, 2.24) is 20.6 Å². The summed E-state index contributed by atoms with van der Waals surface area (Å²) in [4.78, 5) is 11.1. The minimum Gasteiger partial charge on any atom is -0.493 e. The van der Waals surface area contributed by atoms with Crippen LogP contribution in [0, 0.1) is 12.3 Å². The number of nitrogens with one attached hydrogen (secondary N) is 2. The van der Waals surface area contributed by atoms with Gasteiger partial charge in [0, 0.05) is 30.3 Å². The molecule has 7 nitrogen and oxygen atoms in total. The molecule has 168 valence electrons. The molecule has 2 aromatic rings. The predicted molar refractivity (Wildman–Crippen MR) is 121 cm³/mol. The van der Waals surface area contributed by atoms with Crippen molar-refractivity contribution in [1.29, 1.82) is 0 Å². The van der Waals surface area contributed by atoms with E-state index in [1.165, 1.54) is 11.6 Å². The number of aromatic nitrogens is 2. The van der Waals surface area contributed by atoms with E-state index in [1.807, 2.05) is 19.1 Å². The van der Waals surface area contributed by atoms with Crippen LogP contribution in [0.3, 0.4) is 0 Å². The SMILES string of the molecule is Cc1c(CC(C)(C)C)nn(CCC2CCC(c3ccc(/C=C/C(=O)NO)cc3)N2)c1O. The molecule has 1 aliphatic rings. The van der Waals surface area contributed by atoms with E-state index in [9.17, 15) is 9.90 Å². The summed E-state index contributed by atoms with van der Waals surface area (Å²) in [6.07, 6.45) is 6.85.